The van der Waals surface area contributed by atoms with E-state index in [4.69, 9.17) is 11.6 Å². The molecule has 1 rings (SSSR count). The molecule has 118 valence electrons. The van der Waals surface area contributed by atoms with Crippen LogP contribution in [0.15, 0.2) is 12.1 Å². The van der Waals surface area contributed by atoms with Gasteiger partial charge in [0.25, 0.3) is 0 Å². The van der Waals surface area contributed by atoms with Crippen molar-refractivity contribution in [3.8, 4) is 0 Å². The number of rotatable bonds is 8. The Bertz CT molecular complexity index is 602. The van der Waals surface area contributed by atoms with Crippen molar-refractivity contribution in [3.05, 3.63) is 33.1 Å². The van der Waals surface area contributed by atoms with Gasteiger partial charge in [0.05, 0.1) is 15.9 Å². The van der Waals surface area contributed by atoms with Gasteiger partial charge in [0.15, 0.2) is 9.84 Å². The number of sulfone groups is 1. The second-order valence-electron chi connectivity index (χ2n) is 5.10. The van der Waals surface area contributed by atoms with E-state index >= 15 is 0 Å². The first-order valence-corrected chi connectivity index (χ1v) is 8.84. The fourth-order valence-corrected chi connectivity index (χ4v) is 3.08. The van der Waals surface area contributed by atoms with E-state index in [2.05, 4.69) is 4.98 Å². The molecule has 21 heavy (non-hydrogen) atoms. The van der Waals surface area contributed by atoms with Gasteiger partial charge in [0.2, 0.25) is 5.15 Å². The van der Waals surface area contributed by atoms with Crippen molar-refractivity contribution >= 4 is 27.1 Å². The molecule has 0 saturated heterocycles. The Morgan fingerprint density at radius 2 is 1.95 bits per heavy atom. The summed E-state index contributed by atoms with van der Waals surface area (Å²) >= 11 is 5.73. The first-order valence-electron chi connectivity index (χ1n) is 6.75. The van der Waals surface area contributed by atoms with E-state index in [0.717, 1.165) is 12.8 Å². The Morgan fingerprint density at radius 3 is 2.48 bits per heavy atom. The highest BCUT2D eigenvalue weighted by molar-refractivity contribution is 7.91. The number of unbranched alkanes of at least 4 members (excludes halogenated alkanes) is 2. The molecule has 0 amide bonds. The van der Waals surface area contributed by atoms with Gasteiger partial charge in [-0.3, -0.25) is 10.1 Å². The molecular weight excluding hydrogens is 316 g/mol. The van der Waals surface area contributed by atoms with E-state index < -0.39 is 14.8 Å². The minimum Gasteiger partial charge on any atom is -0.258 e. The Kier molecular flexibility index (Phi) is 6.54. The van der Waals surface area contributed by atoms with Crippen LogP contribution in [0.5, 0.6) is 0 Å². The fourth-order valence-electron chi connectivity index (χ4n) is 1.76. The van der Waals surface area contributed by atoms with Gasteiger partial charge >= 0.3 is 5.69 Å². The van der Waals surface area contributed by atoms with Gasteiger partial charge in [0, 0.05) is 11.8 Å². The maximum Gasteiger partial charge on any atom is 0.306 e. The highest BCUT2D eigenvalue weighted by Crippen LogP contribution is 2.22. The highest BCUT2D eigenvalue weighted by Gasteiger charge is 2.15. The molecule has 0 N–H and O–H groups in total. The molecule has 6 nitrogen and oxygen atoms in total. The monoisotopic (exact) mass is 334 g/mol. The topological polar surface area (TPSA) is 90.2 Å². The fraction of sp³-hybridized carbons (Fsp3) is 0.615. The number of aryl methyl sites for hydroxylation is 1. The van der Waals surface area contributed by atoms with Crippen LogP contribution in [0.1, 0.15) is 38.8 Å². The lowest BCUT2D eigenvalue weighted by atomic mass is 10.1. The molecule has 1 aromatic heterocycles. The van der Waals surface area contributed by atoms with Crippen LogP contribution in [0.4, 0.5) is 5.69 Å². The zero-order valence-corrected chi connectivity index (χ0v) is 13.7. The van der Waals surface area contributed by atoms with Crippen LogP contribution >= 0.6 is 11.6 Å². The third-order valence-corrected chi connectivity index (χ3v) is 5.74. The van der Waals surface area contributed by atoms with Crippen LogP contribution in [0.3, 0.4) is 0 Å². The summed E-state index contributed by atoms with van der Waals surface area (Å²) in [6, 6.07) is 2.92. The molecule has 0 bridgehead atoms. The summed E-state index contributed by atoms with van der Waals surface area (Å²) in [5.41, 5.74) is 0.473. The van der Waals surface area contributed by atoms with Crippen molar-refractivity contribution in [3.63, 3.8) is 0 Å². The van der Waals surface area contributed by atoms with Gasteiger partial charge in [-0.2, -0.15) is 0 Å². The number of nitro groups is 1. The van der Waals surface area contributed by atoms with Crippen molar-refractivity contribution < 1.29 is 13.3 Å². The third-order valence-electron chi connectivity index (χ3n) is 3.16. The maximum atomic E-state index is 11.6. The van der Waals surface area contributed by atoms with Gasteiger partial charge in [-0.05, 0) is 39.2 Å². The quantitative estimate of drug-likeness (QED) is 0.315. The molecule has 0 aliphatic rings. The standard InChI is InChI=1S/C13H19ClN2O4S/c1-10(2)21(19,20)9-5-3-4-6-11-7-8-12(16(17)18)13(14)15-11/h7-8,10H,3-6,9H2,1-2H3. The SMILES string of the molecule is CC(C)S(=O)(=O)CCCCCc1ccc([N+](=O)[O-])c(Cl)n1. The van der Waals surface area contributed by atoms with E-state index in [1.165, 1.54) is 6.07 Å². The average Bonchev–Trinajstić information content (AvgIpc) is 2.37. The van der Waals surface area contributed by atoms with Crippen LogP contribution in [0.2, 0.25) is 5.15 Å². The minimum atomic E-state index is -2.98. The summed E-state index contributed by atoms with van der Waals surface area (Å²) < 4.78 is 23.2. The Morgan fingerprint density at radius 1 is 1.29 bits per heavy atom. The van der Waals surface area contributed by atoms with Crippen molar-refractivity contribution in [2.24, 2.45) is 0 Å². The first-order chi connectivity index (χ1) is 9.74. The smallest absolute Gasteiger partial charge is 0.258 e. The molecule has 0 fully saturated rings. The van der Waals surface area contributed by atoms with Crippen LogP contribution in [-0.2, 0) is 16.3 Å². The molecular formula is C13H19ClN2O4S. The van der Waals surface area contributed by atoms with Gasteiger partial charge in [0.1, 0.15) is 0 Å². The molecule has 1 aromatic rings. The largest absolute Gasteiger partial charge is 0.306 e. The summed E-state index contributed by atoms with van der Waals surface area (Å²) in [6.07, 6.45) is 2.78. The molecule has 0 aromatic carbocycles. The van der Waals surface area contributed by atoms with Crippen LogP contribution in [-0.4, -0.2) is 29.3 Å². The minimum absolute atomic E-state index is 0.111. The van der Waals surface area contributed by atoms with Crippen LogP contribution in [0, 0.1) is 10.1 Å². The van der Waals surface area contributed by atoms with E-state index in [1.54, 1.807) is 19.9 Å². The number of hydrogen-bond donors (Lipinski definition) is 0. The van der Waals surface area contributed by atoms with Crippen LogP contribution < -0.4 is 0 Å². The predicted octanol–water partition coefficient (Wildman–Crippen LogP) is 3.18. The molecule has 0 spiro atoms. The average molecular weight is 335 g/mol. The number of aromatic nitrogens is 1. The Balaban J connectivity index is 2.40. The van der Waals surface area contributed by atoms with Crippen molar-refractivity contribution in [2.75, 3.05) is 5.75 Å². The molecule has 1 heterocycles. The second-order valence-corrected chi connectivity index (χ2v) is 8.13. The molecule has 0 atom stereocenters. The van der Waals surface area contributed by atoms with E-state index in [9.17, 15) is 18.5 Å². The molecule has 0 aliphatic carbocycles. The highest BCUT2D eigenvalue weighted by atomic mass is 35.5. The summed E-state index contributed by atoms with van der Waals surface area (Å²) in [7, 11) is -2.98. The lowest BCUT2D eigenvalue weighted by Gasteiger charge is -2.07. The summed E-state index contributed by atoms with van der Waals surface area (Å²) in [6.45, 7) is 3.36. The summed E-state index contributed by atoms with van der Waals surface area (Å²) in [5, 5.41) is 10.2. The molecule has 8 heteroatoms. The molecule has 0 aliphatic heterocycles. The predicted molar refractivity (Wildman–Crippen MR) is 82.4 cm³/mol. The van der Waals surface area contributed by atoms with Gasteiger partial charge in [-0.1, -0.05) is 18.0 Å². The number of nitrogens with zero attached hydrogens (tertiary/aromatic N) is 2. The first kappa shape index (κ1) is 17.8. The summed E-state index contributed by atoms with van der Waals surface area (Å²) in [5.74, 6) is 0.194. The number of halogens is 1. The molecule has 0 unspecified atom stereocenters. The van der Waals surface area contributed by atoms with Crippen molar-refractivity contribution in [2.45, 2.75) is 44.8 Å². The maximum absolute atomic E-state index is 11.6. The van der Waals surface area contributed by atoms with E-state index in [1.807, 2.05) is 0 Å². The van der Waals surface area contributed by atoms with E-state index in [-0.39, 0.29) is 21.8 Å². The van der Waals surface area contributed by atoms with E-state index in [0.29, 0.717) is 18.5 Å². The van der Waals surface area contributed by atoms with Crippen molar-refractivity contribution in [1.29, 1.82) is 0 Å². The van der Waals surface area contributed by atoms with Gasteiger partial charge in [-0.15, -0.1) is 0 Å². The number of hydrogen-bond acceptors (Lipinski definition) is 5. The summed E-state index contributed by atoms with van der Waals surface area (Å²) in [4.78, 5) is 14.0. The second kappa shape index (κ2) is 7.70. The zero-order chi connectivity index (χ0) is 16.0. The Labute approximate surface area is 129 Å². The normalized spacial score (nSPS) is 11.8. The van der Waals surface area contributed by atoms with Crippen molar-refractivity contribution in [1.82, 2.24) is 4.98 Å². The van der Waals surface area contributed by atoms with Crippen LogP contribution in [0.25, 0.3) is 0 Å². The number of pyridine rings is 1. The molecule has 0 saturated carbocycles. The lowest BCUT2D eigenvalue weighted by molar-refractivity contribution is -0.385. The Hall–Kier alpha value is -1.21. The lowest BCUT2D eigenvalue weighted by Crippen LogP contribution is -2.17. The molecule has 0 radical (unpaired) electrons. The van der Waals surface area contributed by atoms with Gasteiger partial charge < -0.3 is 0 Å². The zero-order valence-electron chi connectivity index (χ0n) is 12.1. The third kappa shape index (κ3) is 5.59. The van der Waals surface area contributed by atoms with Gasteiger partial charge in [-0.25, -0.2) is 13.4 Å².